The van der Waals surface area contributed by atoms with Crippen molar-refractivity contribution in [2.45, 2.75) is 48.5 Å². The van der Waals surface area contributed by atoms with Gasteiger partial charge < -0.3 is 9.30 Å². The Morgan fingerprint density at radius 1 is 0.600 bits per heavy atom. The van der Waals surface area contributed by atoms with Crippen LogP contribution in [-0.2, 0) is 0 Å². The SMILES string of the molecule is COc1ccc2c(c1)c1cc(-c3c(C)c(C)cc(C)c3C)ccc1n2-c1c(C)cc(C)c(-c2ncncn2)c1C. The average molecular weight is 527 g/mol. The Morgan fingerprint density at radius 3 is 1.85 bits per heavy atom. The van der Waals surface area contributed by atoms with E-state index in [4.69, 9.17) is 4.74 Å². The molecule has 0 aliphatic rings. The number of fused-ring (bicyclic) bond motifs is 3. The van der Waals surface area contributed by atoms with Gasteiger partial charge in [-0.1, -0.05) is 18.2 Å². The number of nitrogens with zero attached hydrogens (tertiary/aromatic N) is 4. The molecule has 2 aromatic heterocycles. The second-order valence-corrected chi connectivity index (χ2v) is 10.9. The Bertz CT molecular complexity index is 1930. The molecule has 4 aromatic carbocycles. The van der Waals surface area contributed by atoms with E-state index >= 15 is 0 Å². The molecule has 0 saturated heterocycles. The van der Waals surface area contributed by atoms with Crippen LogP contribution in [0.5, 0.6) is 5.75 Å². The molecule has 40 heavy (non-hydrogen) atoms. The van der Waals surface area contributed by atoms with Crippen molar-refractivity contribution in [1.29, 1.82) is 0 Å². The van der Waals surface area contributed by atoms with Gasteiger partial charge in [0.25, 0.3) is 0 Å². The summed E-state index contributed by atoms with van der Waals surface area (Å²) in [6.45, 7) is 15.4. The first-order valence-corrected chi connectivity index (χ1v) is 13.6. The summed E-state index contributed by atoms with van der Waals surface area (Å²) >= 11 is 0. The van der Waals surface area contributed by atoms with Gasteiger partial charge in [-0.2, -0.15) is 0 Å². The molecule has 6 aromatic rings. The lowest BCUT2D eigenvalue weighted by Gasteiger charge is -2.19. The van der Waals surface area contributed by atoms with Gasteiger partial charge in [-0.25, -0.2) is 15.0 Å². The second-order valence-electron chi connectivity index (χ2n) is 10.9. The number of hydrogen-bond donors (Lipinski definition) is 0. The molecule has 0 atom stereocenters. The number of ether oxygens (including phenoxy) is 1. The van der Waals surface area contributed by atoms with Gasteiger partial charge in [0.2, 0.25) is 0 Å². The van der Waals surface area contributed by atoms with Crippen LogP contribution in [0.2, 0.25) is 0 Å². The summed E-state index contributed by atoms with van der Waals surface area (Å²) in [7, 11) is 1.73. The second kappa shape index (κ2) is 9.60. The lowest BCUT2D eigenvalue weighted by atomic mass is 9.89. The van der Waals surface area contributed by atoms with Crippen molar-refractivity contribution in [3.8, 4) is 34.0 Å². The fraction of sp³-hybridized carbons (Fsp3) is 0.229. The van der Waals surface area contributed by atoms with E-state index in [9.17, 15) is 0 Å². The summed E-state index contributed by atoms with van der Waals surface area (Å²) in [5.41, 5.74) is 15.8. The van der Waals surface area contributed by atoms with Gasteiger partial charge in [-0.3, -0.25) is 0 Å². The average Bonchev–Trinajstić information content (AvgIpc) is 3.25. The van der Waals surface area contributed by atoms with Crippen LogP contribution in [0.3, 0.4) is 0 Å². The minimum Gasteiger partial charge on any atom is -0.497 e. The topological polar surface area (TPSA) is 52.8 Å². The van der Waals surface area contributed by atoms with Crippen LogP contribution in [0.4, 0.5) is 0 Å². The van der Waals surface area contributed by atoms with Crippen LogP contribution in [0, 0.1) is 48.5 Å². The Kier molecular flexibility index (Phi) is 6.18. The van der Waals surface area contributed by atoms with E-state index in [1.165, 1.54) is 44.3 Å². The zero-order chi connectivity index (χ0) is 28.3. The largest absolute Gasteiger partial charge is 0.497 e. The first-order valence-electron chi connectivity index (χ1n) is 13.6. The molecule has 0 aliphatic heterocycles. The van der Waals surface area contributed by atoms with Crippen LogP contribution in [0.25, 0.3) is 50.0 Å². The van der Waals surface area contributed by atoms with E-state index in [0.29, 0.717) is 5.82 Å². The monoisotopic (exact) mass is 526 g/mol. The van der Waals surface area contributed by atoms with E-state index in [1.807, 2.05) is 6.07 Å². The third-order valence-electron chi connectivity index (χ3n) is 8.50. The summed E-state index contributed by atoms with van der Waals surface area (Å²) < 4.78 is 8.07. The molecular weight excluding hydrogens is 492 g/mol. The van der Waals surface area contributed by atoms with Gasteiger partial charge in [0.15, 0.2) is 5.82 Å². The fourth-order valence-corrected chi connectivity index (χ4v) is 6.41. The van der Waals surface area contributed by atoms with Gasteiger partial charge in [0.05, 0.1) is 23.8 Å². The lowest BCUT2D eigenvalue weighted by Crippen LogP contribution is -2.05. The van der Waals surface area contributed by atoms with E-state index < -0.39 is 0 Å². The molecule has 0 bridgehead atoms. The summed E-state index contributed by atoms with van der Waals surface area (Å²) in [6.07, 6.45) is 3.12. The van der Waals surface area contributed by atoms with E-state index in [-0.39, 0.29) is 0 Å². The molecule has 6 rings (SSSR count). The third-order valence-corrected chi connectivity index (χ3v) is 8.50. The molecule has 5 nitrogen and oxygen atoms in total. The molecular formula is C35H34N4O. The third kappa shape index (κ3) is 3.88. The van der Waals surface area contributed by atoms with Crippen LogP contribution in [0.1, 0.15) is 38.9 Å². The molecule has 0 spiro atoms. The predicted molar refractivity (Wildman–Crippen MR) is 165 cm³/mol. The number of benzene rings is 4. The number of aryl methyl sites for hydroxylation is 4. The van der Waals surface area contributed by atoms with Crippen molar-refractivity contribution in [2.24, 2.45) is 0 Å². The van der Waals surface area contributed by atoms with Crippen molar-refractivity contribution >= 4 is 21.8 Å². The van der Waals surface area contributed by atoms with Gasteiger partial charge in [-0.15, -0.1) is 0 Å². The maximum absolute atomic E-state index is 5.68. The quantitative estimate of drug-likeness (QED) is 0.231. The van der Waals surface area contributed by atoms with E-state index in [2.05, 4.69) is 110 Å². The normalized spacial score (nSPS) is 11.5. The molecule has 0 fully saturated rings. The Hall–Kier alpha value is -4.51. The van der Waals surface area contributed by atoms with Crippen molar-refractivity contribution in [1.82, 2.24) is 19.5 Å². The molecule has 0 radical (unpaired) electrons. The number of rotatable bonds is 4. The van der Waals surface area contributed by atoms with Crippen LogP contribution in [0.15, 0.2) is 61.2 Å². The Morgan fingerprint density at radius 2 is 1.20 bits per heavy atom. The summed E-state index contributed by atoms with van der Waals surface area (Å²) in [5.74, 6) is 1.54. The van der Waals surface area contributed by atoms with E-state index in [0.717, 1.165) is 44.5 Å². The zero-order valence-corrected chi connectivity index (χ0v) is 24.5. The summed E-state index contributed by atoms with van der Waals surface area (Å²) in [6, 6.07) is 17.8. The number of aromatic nitrogens is 4. The predicted octanol–water partition coefficient (Wildman–Crippen LogP) is 8.47. The summed E-state index contributed by atoms with van der Waals surface area (Å²) in [5, 5.41) is 2.36. The highest BCUT2D eigenvalue weighted by Gasteiger charge is 2.21. The first kappa shape index (κ1) is 25.8. The Labute approximate surface area is 235 Å². The smallest absolute Gasteiger partial charge is 0.163 e. The molecule has 0 N–H and O–H groups in total. The van der Waals surface area contributed by atoms with Gasteiger partial charge >= 0.3 is 0 Å². The van der Waals surface area contributed by atoms with E-state index in [1.54, 1.807) is 19.8 Å². The van der Waals surface area contributed by atoms with Gasteiger partial charge in [0.1, 0.15) is 18.4 Å². The van der Waals surface area contributed by atoms with Gasteiger partial charge in [-0.05, 0) is 129 Å². The minimum absolute atomic E-state index is 0.691. The molecule has 0 saturated carbocycles. The van der Waals surface area contributed by atoms with Crippen molar-refractivity contribution in [3.05, 3.63) is 100 Å². The highest BCUT2D eigenvalue weighted by atomic mass is 16.5. The molecule has 200 valence electrons. The maximum atomic E-state index is 5.68. The number of hydrogen-bond acceptors (Lipinski definition) is 4. The van der Waals surface area contributed by atoms with Crippen molar-refractivity contribution in [3.63, 3.8) is 0 Å². The molecule has 0 unspecified atom stereocenters. The van der Waals surface area contributed by atoms with Crippen LogP contribution >= 0.6 is 0 Å². The minimum atomic E-state index is 0.691. The number of methoxy groups -OCH3 is 1. The molecule has 0 aliphatic carbocycles. The first-order chi connectivity index (χ1) is 19.2. The zero-order valence-electron chi connectivity index (χ0n) is 24.5. The molecule has 5 heteroatoms. The highest BCUT2D eigenvalue weighted by molar-refractivity contribution is 6.11. The lowest BCUT2D eigenvalue weighted by molar-refractivity contribution is 0.415. The maximum Gasteiger partial charge on any atom is 0.163 e. The molecule has 0 amide bonds. The Balaban J connectivity index is 1.71. The van der Waals surface area contributed by atoms with Crippen LogP contribution < -0.4 is 4.74 Å². The highest BCUT2D eigenvalue weighted by Crippen LogP contribution is 2.41. The van der Waals surface area contributed by atoms with Crippen molar-refractivity contribution in [2.75, 3.05) is 7.11 Å². The van der Waals surface area contributed by atoms with Crippen LogP contribution in [-0.4, -0.2) is 26.6 Å². The molecule has 2 heterocycles. The standard InChI is InChI=1S/C35H34N4O/c1-19-13-20(2)24(6)33(23(19)5)26-9-11-30-28(15-26)29-16-27(40-8)10-12-31(29)39(30)34-22(4)14-21(3)32(25(34)7)35-37-17-36-18-38-35/h9-18H,1-8H3. The fourth-order valence-electron chi connectivity index (χ4n) is 6.41. The van der Waals surface area contributed by atoms with Crippen molar-refractivity contribution < 1.29 is 4.74 Å². The summed E-state index contributed by atoms with van der Waals surface area (Å²) in [4.78, 5) is 13.0. The van der Waals surface area contributed by atoms with Gasteiger partial charge in [0, 0.05) is 16.3 Å².